The predicted molar refractivity (Wildman–Crippen MR) is 96.9 cm³/mol. The molecule has 138 valence electrons. The monoisotopic (exact) mass is 366 g/mol. The molecule has 3 rings (SSSR count). The van der Waals surface area contributed by atoms with Crippen molar-refractivity contribution >= 4 is 23.5 Å². The zero-order valence-electron chi connectivity index (χ0n) is 14.9. The number of aryl methyl sites for hydroxylation is 1. The minimum Gasteiger partial charge on any atom is -0.465 e. The lowest BCUT2D eigenvalue weighted by Gasteiger charge is -2.18. The van der Waals surface area contributed by atoms with Crippen LogP contribution in [0.25, 0.3) is 0 Å². The third-order valence-corrected chi connectivity index (χ3v) is 5.09. The standard InChI is InChI=1S/C9H12N2OS.C9H14O3/c1-13-9-10-7-5-3-2-4-6(7)8(12)11-9;1-2-12-9(11)7-5-3-4-6-8(7)10/h2-5H2,1H3,(H,10,11,12);7H,2-6H2,1H3. The van der Waals surface area contributed by atoms with E-state index in [-0.39, 0.29) is 17.3 Å². The molecule has 1 unspecified atom stereocenters. The number of fused-ring (bicyclic) bond motifs is 1. The third-order valence-electron chi connectivity index (χ3n) is 4.51. The summed E-state index contributed by atoms with van der Waals surface area (Å²) >= 11 is 1.49. The molecule has 0 aliphatic heterocycles. The molecule has 1 fully saturated rings. The van der Waals surface area contributed by atoms with Crippen molar-refractivity contribution in [1.82, 2.24) is 9.97 Å². The molecule has 0 amide bonds. The summed E-state index contributed by atoms with van der Waals surface area (Å²) in [7, 11) is 0. The molecule has 0 radical (unpaired) electrons. The van der Waals surface area contributed by atoms with E-state index in [4.69, 9.17) is 4.74 Å². The summed E-state index contributed by atoms with van der Waals surface area (Å²) in [6.45, 7) is 2.12. The van der Waals surface area contributed by atoms with E-state index in [1.807, 2.05) is 6.26 Å². The number of hydrogen-bond acceptors (Lipinski definition) is 6. The number of rotatable bonds is 3. The Kier molecular flexibility index (Phi) is 7.68. The first-order valence-corrected chi connectivity index (χ1v) is 10.1. The van der Waals surface area contributed by atoms with Crippen LogP contribution in [0.2, 0.25) is 0 Å². The molecule has 2 aliphatic carbocycles. The summed E-state index contributed by atoms with van der Waals surface area (Å²) in [5.41, 5.74) is 1.98. The number of ether oxygens (including phenoxy) is 1. The highest BCUT2D eigenvalue weighted by molar-refractivity contribution is 7.98. The molecule has 0 spiro atoms. The van der Waals surface area contributed by atoms with Gasteiger partial charge in [0.25, 0.3) is 5.56 Å². The Labute approximate surface area is 152 Å². The highest BCUT2D eigenvalue weighted by Gasteiger charge is 2.29. The Bertz CT molecular complexity index is 672. The molecule has 1 saturated carbocycles. The molecule has 2 aliphatic rings. The molecule has 1 heterocycles. The molecule has 6 nitrogen and oxygen atoms in total. The number of Topliss-reactive ketones (excluding diaryl/α,β-unsaturated/α-hetero) is 1. The van der Waals surface area contributed by atoms with Gasteiger partial charge in [0, 0.05) is 17.7 Å². The molecule has 7 heteroatoms. The maximum absolute atomic E-state index is 11.5. The van der Waals surface area contributed by atoms with Gasteiger partial charge in [0.15, 0.2) is 5.16 Å². The van der Waals surface area contributed by atoms with Gasteiger partial charge in [-0.15, -0.1) is 0 Å². The number of H-pyrrole nitrogens is 1. The van der Waals surface area contributed by atoms with Crippen molar-refractivity contribution < 1.29 is 14.3 Å². The van der Waals surface area contributed by atoms with Crippen LogP contribution >= 0.6 is 11.8 Å². The fraction of sp³-hybridized carbons (Fsp3) is 0.667. The fourth-order valence-corrected chi connectivity index (χ4v) is 3.57. The predicted octanol–water partition coefficient (Wildman–Crippen LogP) is 2.68. The van der Waals surface area contributed by atoms with E-state index in [0.717, 1.165) is 48.5 Å². The Hall–Kier alpha value is -1.63. The second kappa shape index (κ2) is 9.75. The first-order chi connectivity index (χ1) is 12.1. The van der Waals surface area contributed by atoms with Gasteiger partial charge in [-0.05, 0) is 51.7 Å². The molecule has 1 atom stereocenters. The van der Waals surface area contributed by atoms with E-state index in [1.54, 1.807) is 6.92 Å². The number of carbonyl (C=O) groups is 2. The number of aromatic nitrogens is 2. The maximum atomic E-state index is 11.5. The number of thioether (sulfide) groups is 1. The number of carbonyl (C=O) groups excluding carboxylic acids is 2. The molecule has 1 aromatic heterocycles. The SMILES string of the molecule is CCOC(=O)C1CCCCC1=O.CSc1nc(=O)c2c([nH]1)CCCC2. The Morgan fingerprint density at radius 3 is 2.60 bits per heavy atom. The van der Waals surface area contributed by atoms with Gasteiger partial charge in [-0.3, -0.25) is 14.4 Å². The molecule has 1 N–H and O–H groups in total. The summed E-state index contributed by atoms with van der Waals surface area (Å²) in [5, 5.41) is 0.741. The number of nitrogens with zero attached hydrogens (tertiary/aromatic N) is 1. The number of nitrogens with one attached hydrogen (secondary N) is 1. The van der Waals surface area contributed by atoms with Crippen LogP contribution in [0, 0.1) is 5.92 Å². The summed E-state index contributed by atoms with van der Waals surface area (Å²) in [4.78, 5) is 41.0. The van der Waals surface area contributed by atoms with Crippen molar-refractivity contribution in [3.05, 3.63) is 21.6 Å². The van der Waals surface area contributed by atoms with Gasteiger partial charge < -0.3 is 9.72 Å². The van der Waals surface area contributed by atoms with Crippen molar-refractivity contribution in [2.24, 2.45) is 5.92 Å². The van der Waals surface area contributed by atoms with Gasteiger partial charge >= 0.3 is 5.97 Å². The topological polar surface area (TPSA) is 89.1 Å². The molecule has 0 saturated heterocycles. The quantitative estimate of drug-likeness (QED) is 0.383. The van der Waals surface area contributed by atoms with Crippen molar-refractivity contribution in [2.75, 3.05) is 12.9 Å². The van der Waals surface area contributed by atoms with E-state index in [1.165, 1.54) is 18.2 Å². The van der Waals surface area contributed by atoms with E-state index < -0.39 is 5.92 Å². The zero-order chi connectivity index (χ0) is 18.2. The molecule has 0 aromatic carbocycles. The smallest absolute Gasteiger partial charge is 0.316 e. The fourth-order valence-electron chi connectivity index (χ4n) is 3.17. The van der Waals surface area contributed by atoms with Crippen LogP contribution in [-0.4, -0.2) is 34.6 Å². The van der Waals surface area contributed by atoms with E-state index in [2.05, 4.69) is 9.97 Å². The lowest BCUT2D eigenvalue weighted by atomic mass is 9.88. The van der Waals surface area contributed by atoms with E-state index >= 15 is 0 Å². The second-order valence-corrected chi connectivity index (χ2v) is 7.03. The molecule has 1 aromatic rings. The van der Waals surface area contributed by atoms with Gasteiger partial charge in [-0.25, -0.2) is 0 Å². The van der Waals surface area contributed by atoms with Crippen LogP contribution in [0.3, 0.4) is 0 Å². The van der Waals surface area contributed by atoms with Crippen molar-refractivity contribution in [3.8, 4) is 0 Å². The summed E-state index contributed by atoms with van der Waals surface area (Å²) in [5.74, 6) is -0.736. The van der Waals surface area contributed by atoms with E-state index in [0.29, 0.717) is 19.4 Å². The summed E-state index contributed by atoms with van der Waals surface area (Å²) in [6, 6.07) is 0. The lowest BCUT2D eigenvalue weighted by molar-refractivity contribution is -0.152. The first kappa shape index (κ1) is 19.7. The molecular formula is C18H26N2O4S. The van der Waals surface area contributed by atoms with Crippen LogP contribution in [-0.2, 0) is 27.2 Å². The Balaban J connectivity index is 0.000000181. The average molecular weight is 366 g/mol. The van der Waals surface area contributed by atoms with Crippen molar-refractivity contribution in [1.29, 1.82) is 0 Å². The molecule has 0 bridgehead atoms. The van der Waals surface area contributed by atoms with Crippen LogP contribution in [0.15, 0.2) is 9.95 Å². The van der Waals surface area contributed by atoms with Crippen molar-refractivity contribution in [2.45, 2.75) is 63.4 Å². The van der Waals surface area contributed by atoms with Gasteiger partial charge in [0.05, 0.1) is 6.61 Å². The highest BCUT2D eigenvalue weighted by atomic mass is 32.2. The van der Waals surface area contributed by atoms with Gasteiger partial charge in [-0.2, -0.15) is 4.98 Å². The number of hydrogen-bond donors (Lipinski definition) is 1. The summed E-state index contributed by atoms with van der Waals surface area (Å²) in [6.07, 6.45) is 9.24. The molecule has 25 heavy (non-hydrogen) atoms. The van der Waals surface area contributed by atoms with Gasteiger partial charge in [-0.1, -0.05) is 18.2 Å². The average Bonchev–Trinajstić information content (AvgIpc) is 2.63. The van der Waals surface area contributed by atoms with Gasteiger partial charge in [0.1, 0.15) is 11.7 Å². The minimum absolute atomic E-state index is 0.0298. The largest absolute Gasteiger partial charge is 0.465 e. The number of ketones is 1. The number of esters is 1. The lowest BCUT2D eigenvalue weighted by Crippen LogP contribution is -2.28. The first-order valence-electron chi connectivity index (χ1n) is 8.92. The highest BCUT2D eigenvalue weighted by Crippen LogP contribution is 2.21. The third kappa shape index (κ3) is 5.42. The van der Waals surface area contributed by atoms with Gasteiger partial charge in [0.2, 0.25) is 0 Å². The van der Waals surface area contributed by atoms with Crippen LogP contribution in [0.5, 0.6) is 0 Å². The Morgan fingerprint density at radius 2 is 1.92 bits per heavy atom. The van der Waals surface area contributed by atoms with Crippen molar-refractivity contribution in [3.63, 3.8) is 0 Å². The maximum Gasteiger partial charge on any atom is 0.316 e. The van der Waals surface area contributed by atoms with Crippen LogP contribution < -0.4 is 5.56 Å². The number of aromatic amines is 1. The summed E-state index contributed by atoms with van der Waals surface area (Å²) < 4.78 is 4.79. The van der Waals surface area contributed by atoms with Crippen LogP contribution in [0.4, 0.5) is 0 Å². The normalized spacial score (nSPS) is 19.4. The molecular weight excluding hydrogens is 340 g/mol. The Morgan fingerprint density at radius 1 is 1.20 bits per heavy atom. The van der Waals surface area contributed by atoms with E-state index in [9.17, 15) is 14.4 Å². The van der Waals surface area contributed by atoms with Crippen LogP contribution in [0.1, 0.15) is 56.7 Å². The zero-order valence-corrected chi connectivity index (χ0v) is 15.7. The second-order valence-electron chi connectivity index (χ2n) is 6.23. The minimum atomic E-state index is -0.460.